The molecule has 5 N–H and O–H groups in total. The zero-order valence-electron chi connectivity index (χ0n) is 13.9. The van der Waals surface area contributed by atoms with Crippen molar-refractivity contribution in [2.24, 2.45) is 0 Å². The third-order valence-corrected chi connectivity index (χ3v) is 2.61. The van der Waals surface area contributed by atoms with Crippen LogP contribution in [0.15, 0.2) is 0 Å². The minimum atomic E-state index is -4.67. The first kappa shape index (κ1) is 26.4. The minimum Gasteiger partial charge on any atom is -0.379 e. The molecule has 0 bridgehead atoms. The van der Waals surface area contributed by atoms with E-state index in [0.717, 1.165) is 52.2 Å². The fraction of sp³-hybridized carbons (Fsp3) is 0.909. The molecule has 0 saturated carbocycles. The van der Waals surface area contributed by atoms with Gasteiger partial charge in [-0.3, -0.25) is 27.9 Å². The molecule has 0 aromatic carbocycles. The summed E-state index contributed by atoms with van der Waals surface area (Å²) in [5.74, 6) is 0.185. The number of rotatable bonds is 6. The molecule has 14 heteroatoms. The number of hydrogen-bond acceptors (Lipinski definition) is 7. The van der Waals surface area contributed by atoms with Crippen LogP contribution in [0.3, 0.4) is 0 Å². The first-order valence-corrected chi connectivity index (χ1v) is 10.1. The maximum Gasteiger partial charge on any atom is 0.394 e. The second-order valence-electron chi connectivity index (χ2n) is 4.80. The Morgan fingerprint density at radius 2 is 1.48 bits per heavy atom. The van der Waals surface area contributed by atoms with Crippen LogP contribution in [0.2, 0.25) is 0 Å². The predicted molar refractivity (Wildman–Crippen MR) is 88.1 cm³/mol. The fourth-order valence-corrected chi connectivity index (χ4v) is 1.60. The number of carbonyl (C=O) groups is 1. The van der Waals surface area contributed by atoms with E-state index in [1.165, 1.54) is 0 Å². The number of amides is 1. The van der Waals surface area contributed by atoms with Crippen LogP contribution in [0.5, 0.6) is 0 Å². The lowest BCUT2D eigenvalue weighted by Crippen LogP contribution is -2.41. The number of morpholine rings is 1. The van der Waals surface area contributed by atoms with Crippen molar-refractivity contribution in [3.8, 4) is 0 Å². The van der Waals surface area contributed by atoms with E-state index in [4.69, 9.17) is 39.8 Å². The van der Waals surface area contributed by atoms with E-state index in [-0.39, 0.29) is 5.91 Å². The molecule has 12 nitrogen and oxygen atoms in total. The van der Waals surface area contributed by atoms with Crippen molar-refractivity contribution in [2.45, 2.75) is 26.2 Å². The summed E-state index contributed by atoms with van der Waals surface area (Å²) in [6, 6.07) is 0. The van der Waals surface area contributed by atoms with E-state index in [9.17, 15) is 4.79 Å². The van der Waals surface area contributed by atoms with Crippen LogP contribution >= 0.6 is 0 Å². The molecule has 25 heavy (non-hydrogen) atoms. The number of ether oxygens (including phenoxy) is 1. The number of unbranched alkanes of at least 4 members (excludes halogenated alkanes) is 1. The second kappa shape index (κ2) is 14.3. The van der Waals surface area contributed by atoms with Gasteiger partial charge in [0.1, 0.15) is 0 Å². The molecule has 0 aliphatic carbocycles. The Morgan fingerprint density at radius 1 is 1.04 bits per heavy atom. The molecule has 0 radical (unpaired) electrons. The predicted octanol–water partition coefficient (Wildman–Crippen LogP) is -0.681. The zero-order chi connectivity index (χ0) is 19.9. The maximum atomic E-state index is 11.3. The summed E-state index contributed by atoms with van der Waals surface area (Å²) >= 11 is 0. The Bertz CT molecular complexity index is 497. The summed E-state index contributed by atoms with van der Waals surface area (Å²) in [7, 11) is -9.33. The van der Waals surface area contributed by atoms with Crippen LogP contribution in [-0.2, 0) is 30.3 Å². The lowest BCUT2D eigenvalue weighted by atomic mass is 10.2. The van der Waals surface area contributed by atoms with E-state index in [0.29, 0.717) is 6.42 Å². The highest BCUT2D eigenvalue weighted by molar-refractivity contribution is 7.80. The number of nitrogens with zero attached hydrogens (tertiary/aromatic N) is 1. The Balaban J connectivity index is 0. The monoisotopic (exact) mass is 410 g/mol. The highest BCUT2D eigenvalue weighted by Gasteiger charge is 2.09. The van der Waals surface area contributed by atoms with E-state index < -0.39 is 20.8 Å². The standard InChI is InChI=1S/C11H22N2O2.2H2O4S/c1-2-3-4-11(14)12-5-6-13-7-9-15-10-8-13;2*1-5(2,3)4/h2-10H2,1H3,(H,12,14);2*(H2,1,2,3,4). The van der Waals surface area contributed by atoms with Crippen molar-refractivity contribution in [1.82, 2.24) is 10.2 Å². The van der Waals surface area contributed by atoms with Gasteiger partial charge in [0.2, 0.25) is 5.91 Å². The van der Waals surface area contributed by atoms with Crippen LogP contribution in [0.4, 0.5) is 0 Å². The SMILES string of the molecule is CCCCC(=O)NCCN1CCOCC1.O=S(=O)(O)O.O=S(=O)(O)O. The largest absolute Gasteiger partial charge is 0.394 e. The van der Waals surface area contributed by atoms with Crippen LogP contribution in [0.25, 0.3) is 0 Å². The van der Waals surface area contributed by atoms with Crippen molar-refractivity contribution in [3.05, 3.63) is 0 Å². The Kier molecular flexibility index (Phi) is 15.1. The number of nitrogens with one attached hydrogen (secondary N) is 1. The Labute approximate surface area is 147 Å². The molecule has 0 atom stereocenters. The fourth-order valence-electron chi connectivity index (χ4n) is 1.60. The molecule has 0 unspecified atom stereocenters. The van der Waals surface area contributed by atoms with Gasteiger partial charge in [0.15, 0.2) is 0 Å². The summed E-state index contributed by atoms with van der Waals surface area (Å²) in [5.41, 5.74) is 0. The summed E-state index contributed by atoms with van der Waals surface area (Å²) in [4.78, 5) is 13.6. The van der Waals surface area contributed by atoms with Crippen LogP contribution in [0.1, 0.15) is 26.2 Å². The van der Waals surface area contributed by atoms with Gasteiger partial charge in [-0.25, -0.2) is 0 Å². The molecule has 1 aliphatic heterocycles. The molecule has 1 saturated heterocycles. The quantitative estimate of drug-likeness (QED) is 0.348. The van der Waals surface area contributed by atoms with Gasteiger partial charge in [0.05, 0.1) is 13.2 Å². The van der Waals surface area contributed by atoms with Crippen LogP contribution in [-0.4, -0.2) is 85.2 Å². The van der Waals surface area contributed by atoms with Crippen molar-refractivity contribution in [1.29, 1.82) is 0 Å². The van der Waals surface area contributed by atoms with Gasteiger partial charge >= 0.3 is 20.8 Å². The molecule has 1 fully saturated rings. The molecule has 0 spiro atoms. The molecule has 0 aromatic rings. The average molecular weight is 410 g/mol. The smallest absolute Gasteiger partial charge is 0.379 e. The van der Waals surface area contributed by atoms with Crippen molar-refractivity contribution in [3.63, 3.8) is 0 Å². The summed E-state index contributed by atoms with van der Waals surface area (Å²) < 4.78 is 68.4. The molecule has 152 valence electrons. The third-order valence-electron chi connectivity index (χ3n) is 2.61. The van der Waals surface area contributed by atoms with Crippen molar-refractivity contribution >= 4 is 26.7 Å². The molecule has 1 aliphatic rings. The van der Waals surface area contributed by atoms with E-state index in [1.807, 2.05) is 0 Å². The zero-order valence-corrected chi connectivity index (χ0v) is 15.5. The lowest BCUT2D eigenvalue weighted by Gasteiger charge is -2.26. The average Bonchev–Trinajstić information content (AvgIpc) is 2.43. The summed E-state index contributed by atoms with van der Waals surface area (Å²) in [6.07, 6.45) is 2.74. The molecule has 0 aromatic heterocycles. The first-order chi connectivity index (χ1) is 11.3. The normalized spacial score (nSPS) is 15.2. The second-order valence-corrected chi connectivity index (χ2v) is 6.59. The van der Waals surface area contributed by atoms with E-state index in [1.54, 1.807) is 0 Å². The molecular formula is C11H26N2O10S2. The summed E-state index contributed by atoms with van der Waals surface area (Å²) in [6.45, 7) is 7.44. The number of hydrogen-bond donors (Lipinski definition) is 5. The topological polar surface area (TPSA) is 191 Å². The summed E-state index contributed by atoms with van der Waals surface area (Å²) in [5, 5.41) is 2.94. The highest BCUT2D eigenvalue weighted by Crippen LogP contribution is 1.96. The van der Waals surface area contributed by atoms with Gasteiger partial charge in [-0.05, 0) is 6.42 Å². The van der Waals surface area contributed by atoms with Gasteiger partial charge in [0.25, 0.3) is 0 Å². The highest BCUT2D eigenvalue weighted by atomic mass is 32.3. The lowest BCUT2D eigenvalue weighted by molar-refractivity contribution is -0.121. The molecule has 1 heterocycles. The third kappa shape index (κ3) is 35.2. The van der Waals surface area contributed by atoms with Gasteiger partial charge < -0.3 is 10.1 Å². The van der Waals surface area contributed by atoms with Crippen molar-refractivity contribution in [2.75, 3.05) is 39.4 Å². The first-order valence-electron chi connectivity index (χ1n) is 7.29. The maximum absolute atomic E-state index is 11.3. The Hall–Kier alpha value is -0.870. The molecular weight excluding hydrogens is 384 g/mol. The Morgan fingerprint density at radius 3 is 1.88 bits per heavy atom. The minimum absolute atomic E-state index is 0.185. The van der Waals surface area contributed by atoms with Gasteiger partial charge in [-0.1, -0.05) is 13.3 Å². The van der Waals surface area contributed by atoms with E-state index >= 15 is 0 Å². The van der Waals surface area contributed by atoms with E-state index in [2.05, 4.69) is 17.1 Å². The number of carbonyl (C=O) groups excluding carboxylic acids is 1. The van der Waals surface area contributed by atoms with Gasteiger partial charge in [0, 0.05) is 32.6 Å². The van der Waals surface area contributed by atoms with Gasteiger partial charge in [-0.2, -0.15) is 16.8 Å². The van der Waals surface area contributed by atoms with Crippen LogP contribution in [0, 0.1) is 0 Å². The molecule has 1 rings (SSSR count). The van der Waals surface area contributed by atoms with Gasteiger partial charge in [-0.15, -0.1) is 0 Å². The molecule has 1 amide bonds. The van der Waals surface area contributed by atoms with Crippen LogP contribution < -0.4 is 5.32 Å². The van der Waals surface area contributed by atoms with Crippen molar-refractivity contribution < 1.29 is 44.6 Å².